The van der Waals surface area contributed by atoms with Gasteiger partial charge in [0.2, 0.25) is 0 Å². The van der Waals surface area contributed by atoms with Crippen molar-refractivity contribution >= 4 is 15.9 Å². The molecule has 0 aliphatic heterocycles. The van der Waals surface area contributed by atoms with Crippen molar-refractivity contribution in [2.75, 3.05) is 13.6 Å². The molecule has 1 fully saturated rings. The van der Waals surface area contributed by atoms with Crippen LogP contribution in [0.5, 0.6) is 0 Å². The van der Waals surface area contributed by atoms with E-state index >= 15 is 0 Å². The molecule has 1 N–H and O–H groups in total. The van der Waals surface area contributed by atoms with Crippen LogP contribution < -0.4 is 5.32 Å². The van der Waals surface area contributed by atoms with Crippen LogP contribution in [-0.4, -0.2) is 19.2 Å². The monoisotopic (exact) mass is 353 g/mol. The van der Waals surface area contributed by atoms with E-state index in [4.69, 9.17) is 4.74 Å². The number of nitrogens with one attached hydrogen (secondary N) is 1. The molecular weight excluding hydrogens is 326 g/mol. The molecule has 2 nitrogen and oxygen atoms in total. The van der Waals surface area contributed by atoms with Gasteiger partial charge in [-0.15, -0.1) is 0 Å². The van der Waals surface area contributed by atoms with Gasteiger partial charge in [-0.25, -0.2) is 0 Å². The molecule has 3 heteroatoms. The molecule has 1 saturated carbocycles. The quantitative estimate of drug-likeness (QED) is 0.795. The maximum Gasteiger partial charge on any atom is 0.0810 e. The smallest absolute Gasteiger partial charge is 0.0810 e. The second kappa shape index (κ2) is 7.75. The van der Waals surface area contributed by atoms with Crippen molar-refractivity contribution < 1.29 is 4.74 Å². The number of hydrogen-bond donors (Lipinski definition) is 1. The largest absolute Gasteiger partial charge is 0.369 e. The lowest BCUT2D eigenvalue weighted by Gasteiger charge is -2.41. The van der Waals surface area contributed by atoms with Crippen LogP contribution in [0.4, 0.5) is 0 Å². The summed E-state index contributed by atoms with van der Waals surface area (Å²) in [5, 5.41) is 3.34. The van der Waals surface area contributed by atoms with E-state index in [1.54, 1.807) is 0 Å². The molecule has 0 spiro atoms. The number of halogens is 1. The molecule has 0 radical (unpaired) electrons. The Morgan fingerprint density at radius 3 is 2.38 bits per heavy atom. The van der Waals surface area contributed by atoms with Gasteiger partial charge in [-0.1, -0.05) is 41.9 Å². The first kappa shape index (κ1) is 17.0. The van der Waals surface area contributed by atoms with Crippen LogP contribution in [0.1, 0.15) is 45.1 Å². The van der Waals surface area contributed by atoms with Gasteiger partial charge in [0.05, 0.1) is 12.2 Å². The van der Waals surface area contributed by atoms with Gasteiger partial charge >= 0.3 is 0 Å². The number of rotatable bonds is 6. The Hall–Kier alpha value is -0.380. The van der Waals surface area contributed by atoms with Crippen molar-refractivity contribution in [1.29, 1.82) is 0 Å². The number of ether oxygens (including phenoxy) is 1. The predicted octanol–water partition coefficient (Wildman–Crippen LogP) is 4.77. The van der Waals surface area contributed by atoms with Crippen molar-refractivity contribution in [2.24, 2.45) is 11.8 Å². The first-order valence-corrected chi connectivity index (χ1v) is 8.87. The van der Waals surface area contributed by atoms with E-state index < -0.39 is 0 Å². The number of likely N-dealkylation sites (N-methyl/N-ethyl adjacent to an activating group) is 1. The van der Waals surface area contributed by atoms with Gasteiger partial charge in [0, 0.05) is 11.0 Å². The lowest BCUT2D eigenvalue weighted by molar-refractivity contribution is -0.0880. The van der Waals surface area contributed by atoms with Gasteiger partial charge in [0.25, 0.3) is 0 Å². The highest BCUT2D eigenvalue weighted by atomic mass is 79.9. The van der Waals surface area contributed by atoms with E-state index in [0.29, 0.717) is 6.61 Å². The van der Waals surface area contributed by atoms with E-state index in [1.807, 2.05) is 7.05 Å². The third kappa shape index (κ3) is 4.80. The summed E-state index contributed by atoms with van der Waals surface area (Å²) < 4.78 is 7.51. The predicted molar refractivity (Wildman–Crippen MR) is 92.4 cm³/mol. The first-order valence-electron chi connectivity index (χ1n) is 8.08. The van der Waals surface area contributed by atoms with E-state index in [-0.39, 0.29) is 5.60 Å². The summed E-state index contributed by atoms with van der Waals surface area (Å²) in [6.07, 6.45) is 4.93. The van der Waals surface area contributed by atoms with Gasteiger partial charge in [-0.2, -0.15) is 0 Å². The number of hydrogen-bond acceptors (Lipinski definition) is 2. The highest BCUT2D eigenvalue weighted by molar-refractivity contribution is 9.10. The molecule has 0 atom stereocenters. The minimum atomic E-state index is 0.0210. The third-order valence-electron chi connectivity index (χ3n) is 4.84. The fraction of sp³-hybridized carbons (Fsp3) is 0.667. The summed E-state index contributed by atoms with van der Waals surface area (Å²) in [6.45, 7) is 6.35. The minimum absolute atomic E-state index is 0.0210. The maximum atomic E-state index is 6.39. The van der Waals surface area contributed by atoms with E-state index in [1.165, 1.54) is 31.2 Å². The Kier molecular flexibility index (Phi) is 6.27. The zero-order chi connectivity index (χ0) is 15.3. The molecule has 1 aliphatic rings. The SMILES string of the molecule is CNCC1(OCc2ccc(Br)cc2)CCC(C(C)C)CC1. The fourth-order valence-corrected chi connectivity index (χ4v) is 3.61. The molecule has 0 aromatic heterocycles. The Balaban J connectivity index is 1.94. The summed E-state index contributed by atoms with van der Waals surface area (Å²) in [5.41, 5.74) is 1.27. The van der Waals surface area contributed by atoms with Gasteiger partial charge in [0.15, 0.2) is 0 Å². The first-order chi connectivity index (χ1) is 10.0. The van der Waals surface area contributed by atoms with Crippen LogP contribution in [0.25, 0.3) is 0 Å². The molecule has 21 heavy (non-hydrogen) atoms. The van der Waals surface area contributed by atoms with E-state index in [9.17, 15) is 0 Å². The fourth-order valence-electron chi connectivity index (χ4n) is 3.34. The van der Waals surface area contributed by atoms with Gasteiger partial charge < -0.3 is 10.1 Å². The standard InChI is InChI=1S/C18H28BrNO/c1-14(2)16-8-10-18(11-9-16,13-20-3)21-12-15-4-6-17(19)7-5-15/h4-7,14,16,20H,8-13H2,1-3H3. The molecular formula is C18H28BrNO. The highest BCUT2D eigenvalue weighted by Crippen LogP contribution is 2.38. The zero-order valence-corrected chi connectivity index (χ0v) is 15.1. The summed E-state index contributed by atoms with van der Waals surface area (Å²) in [4.78, 5) is 0. The second-order valence-corrected chi connectivity index (χ2v) is 7.63. The average molecular weight is 354 g/mol. The van der Waals surface area contributed by atoms with E-state index in [2.05, 4.69) is 59.4 Å². The van der Waals surface area contributed by atoms with Crippen molar-refractivity contribution in [2.45, 2.75) is 51.7 Å². The topological polar surface area (TPSA) is 21.3 Å². The third-order valence-corrected chi connectivity index (χ3v) is 5.37. The van der Waals surface area contributed by atoms with Gasteiger partial charge in [-0.05, 0) is 62.3 Å². The van der Waals surface area contributed by atoms with E-state index in [0.717, 1.165) is 22.9 Å². The van der Waals surface area contributed by atoms with Crippen molar-refractivity contribution in [1.82, 2.24) is 5.32 Å². The van der Waals surface area contributed by atoms with Gasteiger partial charge in [0.1, 0.15) is 0 Å². The molecule has 0 bridgehead atoms. The van der Waals surface area contributed by atoms with Crippen LogP contribution in [-0.2, 0) is 11.3 Å². The Labute approximate surface area is 137 Å². The molecule has 2 rings (SSSR count). The Morgan fingerprint density at radius 1 is 1.24 bits per heavy atom. The molecule has 118 valence electrons. The molecule has 1 aromatic rings. The average Bonchev–Trinajstić information content (AvgIpc) is 2.48. The molecule has 0 unspecified atom stereocenters. The normalized spacial score (nSPS) is 26.2. The summed E-state index contributed by atoms with van der Waals surface area (Å²) in [6, 6.07) is 8.44. The molecule has 1 aliphatic carbocycles. The number of benzene rings is 1. The lowest BCUT2D eigenvalue weighted by atomic mass is 9.74. The molecule has 0 heterocycles. The van der Waals surface area contributed by atoms with Crippen molar-refractivity contribution in [3.05, 3.63) is 34.3 Å². The Morgan fingerprint density at radius 2 is 1.86 bits per heavy atom. The lowest BCUT2D eigenvalue weighted by Crippen LogP contribution is -2.45. The van der Waals surface area contributed by atoms with Crippen LogP contribution >= 0.6 is 15.9 Å². The van der Waals surface area contributed by atoms with Gasteiger partial charge in [-0.3, -0.25) is 0 Å². The summed E-state index contributed by atoms with van der Waals surface area (Å²) >= 11 is 3.48. The van der Waals surface area contributed by atoms with Crippen molar-refractivity contribution in [3.63, 3.8) is 0 Å². The summed E-state index contributed by atoms with van der Waals surface area (Å²) in [5.74, 6) is 1.66. The van der Waals surface area contributed by atoms with Crippen LogP contribution in [0.2, 0.25) is 0 Å². The second-order valence-electron chi connectivity index (χ2n) is 6.71. The molecule has 0 saturated heterocycles. The highest BCUT2D eigenvalue weighted by Gasteiger charge is 2.36. The minimum Gasteiger partial charge on any atom is -0.369 e. The zero-order valence-electron chi connectivity index (χ0n) is 13.5. The van der Waals surface area contributed by atoms with Crippen LogP contribution in [0.3, 0.4) is 0 Å². The maximum absolute atomic E-state index is 6.39. The van der Waals surface area contributed by atoms with Crippen LogP contribution in [0.15, 0.2) is 28.7 Å². The molecule has 0 amide bonds. The van der Waals surface area contributed by atoms with Crippen molar-refractivity contribution in [3.8, 4) is 0 Å². The Bertz CT molecular complexity index is 421. The summed E-state index contributed by atoms with van der Waals surface area (Å²) in [7, 11) is 2.03. The molecule has 1 aromatic carbocycles. The van der Waals surface area contributed by atoms with Crippen LogP contribution in [0, 0.1) is 11.8 Å².